The lowest BCUT2D eigenvalue weighted by Gasteiger charge is -2.14. The van der Waals surface area contributed by atoms with Gasteiger partial charge in [-0.25, -0.2) is 4.98 Å². The average Bonchev–Trinajstić information content (AvgIpc) is 3.14. The monoisotopic (exact) mass is 336 g/mol. The number of H-pyrrole nitrogens is 1. The molecule has 3 rings (SSSR count). The van der Waals surface area contributed by atoms with E-state index in [1.807, 2.05) is 30.3 Å². The first-order valence-electron chi connectivity index (χ1n) is 6.99. The van der Waals surface area contributed by atoms with Gasteiger partial charge in [-0.3, -0.25) is 4.79 Å². The van der Waals surface area contributed by atoms with Gasteiger partial charge >= 0.3 is 5.82 Å². The molecule has 3 N–H and O–H groups in total. The molecule has 1 fully saturated rings. The number of hydrogen-bond acceptors (Lipinski definition) is 4. The van der Waals surface area contributed by atoms with Crippen LogP contribution < -0.4 is 5.73 Å². The lowest BCUT2D eigenvalue weighted by Crippen LogP contribution is -2.32. The number of benzene rings is 1. The number of nitro groups is 1. The van der Waals surface area contributed by atoms with E-state index in [2.05, 4.69) is 4.98 Å². The Hall–Kier alpha value is -2.38. The van der Waals surface area contributed by atoms with Crippen molar-refractivity contribution in [3.8, 4) is 0 Å². The van der Waals surface area contributed by atoms with E-state index >= 15 is 0 Å². The van der Waals surface area contributed by atoms with Crippen molar-refractivity contribution in [3.63, 3.8) is 0 Å². The van der Waals surface area contributed by atoms with Crippen LogP contribution in [0.1, 0.15) is 22.0 Å². The van der Waals surface area contributed by atoms with Crippen LogP contribution >= 0.6 is 12.4 Å². The van der Waals surface area contributed by atoms with E-state index in [0.717, 1.165) is 5.56 Å². The third-order valence-corrected chi connectivity index (χ3v) is 3.98. The van der Waals surface area contributed by atoms with E-state index in [4.69, 9.17) is 5.73 Å². The van der Waals surface area contributed by atoms with Gasteiger partial charge < -0.3 is 20.7 Å². The minimum Gasteiger partial charge on any atom is -0.358 e. The predicted molar refractivity (Wildman–Crippen MR) is 87.8 cm³/mol. The van der Waals surface area contributed by atoms with Crippen LogP contribution in [0.4, 0.5) is 5.82 Å². The van der Waals surface area contributed by atoms with E-state index in [1.165, 1.54) is 12.1 Å². The summed E-state index contributed by atoms with van der Waals surface area (Å²) in [7, 11) is 0. The van der Waals surface area contributed by atoms with Crippen LogP contribution in [0.3, 0.4) is 0 Å². The van der Waals surface area contributed by atoms with Gasteiger partial charge in [0.1, 0.15) is 0 Å². The first kappa shape index (κ1) is 17.0. The van der Waals surface area contributed by atoms with Crippen LogP contribution in [0, 0.1) is 10.1 Å². The number of nitrogens with zero attached hydrogens (tertiary/aromatic N) is 2. The Morgan fingerprint density at radius 3 is 2.52 bits per heavy atom. The van der Waals surface area contributed by atoms with Gasteiger partial charge in [-0.2, -0.15) is 0 Å². The largest absolute Gasteiger partial charge is 0.358 e. The SMILES string of the molecule is Cl.N[C@@H]1CN(C(=O)c2ccc([N+](=O)[O-])[nH]2)C[C@H]1c1ccccc1. The molecule has 0 spiro atoms. The normalized spacial score (nSPS) is 20.1. The van der Waals surface area contributed by atoms with Gasteiger partial charge in [-0.15, -0.1) is 12.4 Å². The van der Waals surface area contributed by atoms with E-state index < -0.39 is 4.92 Å². The molecular weight excluding hydrogens is 320 g/mol. The Morgan fingerprint density at radius 2 is 1.91 bits per heavy atom. The molecule has 8 heteroatoms. The summed E-state index contributed by atoms with van der Waals surface area (Å²) in [4.78, 5) is 26.7. The number of amides is 1. The highest BCUT2D eigenvalue weighted by Crippen LogP contribution is 2.27. The van der Waals surface area contributed by atoms with E-state index in [1.54, 1.807) is 4.90 Å². The average molecular weight is 337 g/mol. The summed E-state index contributed by atoms with van der Waals surface area (Å²) in [5.41, 5.74) is 7.47. The molecule has 1 amide bonds. The molecule has 2 heterocycles. The second kappa shape index (κ2) is 6.80. The van der Waals surface area contributed by atoms with Crippen molar-refractivity contribution in [1.29, 1.82) is 0 Å². The number of likely N-dealkylation sites (tertiary alicyclic amines) is 1. The topological polar surface area (TPSA) is 105 Å². The molecule has 0 saturated carbocycles. The molecule has 1 aliphatic rings. The Labute approximate surface area is 139 Å². The highest BCUT2D eigenvalue weighted by Gasteiger charge is 2.35. The molecule has 1 aliphatic heterocycles. The van der Waals surface area contributed by atoms with Gasteiger partial charge in [0.25, 0.3) is 5.91 Å². The fraction of sp³-hybridized carbons (Fsp3) is 0.267. The minimum absolute atomic E-state index is 0. The van der Waals surface area contributed by atoms with Crippen molar-refractivity contribution in [1.82, 2.24) is 9.88 Å². The third-order valence-electron chi connectivity index (χ3n) is 3.98. The summed E-state index contributed by atoms with van der Waals surface area (Å²) < 4.78 is 0. The number of nitrogens with one attached hydrogen (secondary N) is 1. The summed E-state index contributed by atoms with van der Waals surface area (Å²) in [6, 6.07) is 12.4. The molecule has 122 valence electrons. The van der Waals surface area contributed by atoms with E-state index in [9.17, 15) is 14.9 Å². The summed E-state index contributed by atoms with van der Waals surface area (Å²) in [6.45, 7) is 0.946. The highest BCUT2D eigenvalue weighted by atomic mass is 35.5. The lowest BCUT2D eigenvalue weighted by atomic mass is 9.95. The standard InChI is InChI=1S/C15H16N4O3.ClH/c16-12-9-18(8-11(12)10-4-2-1-3-5-10)15(20)13-6-7-14(17-13)19(21)22;/h1-7,11-12,17H,8-9,16H2;1H/t11-,12+;/m0./s1. The number of hydrogen-bond donors (Lipinski definition) is 2. The number of halogens is 1. The molecule has 0 radical (unpaired) electrons. The van der Waals surface area contributed by atoms with Crippen molar-refractivity contribution >= 4 is 24.1 Å². The molecule has 1 aromatic carbocycles. The molecule has 23 heavy (non-hydrogen) atoms. The Morgan fingerprint density at radius 1 is 1.22 bits per heavy atom. The van der Waals surface area contributed by atoms with Crippen LogP contribution in [-0.4, -0.2) is 39.8 Å². The van der Waals surface area contributed by atoms with E-state index in [0.29, 0.717) is 13.1 Å². The molecule has 2 atom stereocenters. The number of nitrogens with two attached hydrogens (primary N) is 1. The van der Waals surface area contributed by atoms with Gasteiger partial charge in [0.05, 0.1) is 0 Å². The van der Waals surface area contributed by atoms with Crippen molar-refractivity contribution in [2.75, 3.05) is 13.1 Å². The Kier molecular flexibility index (Phi) is 5.02. The number of aromatic amines is 1. The van der Waals surface area contributed by atoms with Crippen LogP contribution in [0.5, 0.6) is 0 Å². The molecule has 0 bridgehead atoms. The molecule has 7 nitrogen and oxygen atoms in total. The first-order valence-corrected chi connectivity index (χ1v) is 6.99. The van der Waals surface area contributed by atoms with E-state index in [-0.39, 0.29) is 41.8 Å². The molecule has 0 unspecified atom stereocenters. The zero-order chi connectivity index (χ0) is 15.7. The fourth-order valence-corrected chi connectivity index (χ4v) is 2.83. The smallest absolute Gasteiger partial charge is 0.321 e. The minimum atomic E-state index is -0.556. The van der Waals surface area contributed by atoms with Gasteiger partial charge in [0.2, 0.25) is 0 Å². The molecular formula is C15H17ClN4O3. The summed E-state index contributed by atoms with van der Waals surface area (Å²) >= 11 is 0. The maximum atomic E-state index is 12.4. The van der Waals surface area contributed by atoms with Crippen LogP contribution in [0.2, 0.25) is 0 Å². The number of rotatable bonds is 3. The predicted octanol–water partition coefficient (Wildman–Crippen LogP) is 1.91. The number of carbonyl (C=O) groups excluding carboxylic acids is 1. The maximum absolute atomic E-state index is 12.4. The Bertz CT molecular complexity index is 704. The summed E-state index contributed by atoms with van der Waals surface area (Å²) in [5.74, 6) is -0.372. The van der Waals surface area contributed by atoms with Crippen LogP contribution in [-0.2, 0) is 0 Å². The fourth-order valence-electron chi connectivity index (χ4n) is 2.83. The quantitative estimate of drug-likeness (QED) is 0.659. The van der Waals surface area contributed by atoms with Gasteiger partial charge in [0.15, 0.2) is 5.69 Å². The van der Waals surface area contributed by atoms with Crippen LogP contribution in [0.25, 0.3) is 0 Å². The second-order valence-electron chi connectivity index (χ2n) is 5.41. The second-order valence-corrected chi connectivity index (χ2v) is 5.41. The molecule has 1 aromatic heterocycles. The van der Waals surface area contributed by atoms with Crippen molar-refractivity contribution < 1.29 is 9.72 Å². The summed E-state index contributed by atoms with van der Waals surface area (Å²) in [6.07, 6.45) is 0. The summed E-state index contributed by atoms with van der Waals surface area (Å²) in [5, 5.41) is 10.7. The van der Waals surface area contributed by atoms with Crippen molar-refractivity contribution in [3.05, 3.63) is 63.8 Å². The first-order chi connectivity index (χ1) is 10.6. The van der Waals surface area contributed by atoms with Gasteiger partial charge in [-0.05, 0) is 16.6 Å². The lowest BCUT2D eigenvalue weighted by molar-refractivity contribution is -0.389. The number of carbonyl (C=O) groups is 1. The van der Waals surface area contributed by atoms with Gasteiger partial charge in [0, 0.05) is 31.1 Å². The zero-order valence-electron chi connectivity index (χ0n) is 12.2. The highest BCUT2D eigenvalue weighted by molar-refractivity contribution is 5.93. The molecule has 0 aliphatic carbocycles. The van der Waals surface area contributed by atoms with Crippen LogP contribution in [0.15, 0.2) is 42.5 Å². The molecule has 2 aromatic rings. The van der Waals surface area contributed by atoms with Gasteiger partial charge in [-0.1, -0.05) is 30.3 Å². The number of aromatic nitrogens is 1. The van der Waals surface area contributed by atoms with Crippen molar-refractivity contribution in [2.45, 2.75) is 12.0 Å². The third kappa shape index (κ3) is 3.35. The maximum Gasteiger partial charge on any atom is 0.321 e. The Balaban J connectivity index is 0.00000192. The van der Waals surface area contributed by atoms with Crippen molar-refractivity contribution in [2.24, 2.45) is 5.73 Å². The molecule has 1 saturated heterocycles. The zero-order valence-corrected chi connectivity index (χ0v) is 13.0.